The Morgan fingerprint density at radius 1 is 1.09 bits per heavy atom. The molecule has 1 heterocycles. The molecule has 22 heavy (non-hydrogen) atoms. The van der Waals surface area contributed by atoms with Crippen LogP contribution in [0.3, 0.4) is 0 Å². The first-order valence-electron chi connectivity index (χ1n) is 6.85. The van der Waals surface area contributed by atoms with Crippen molar-refractivity contribution in [3.05, 3.63) is 42.2 Å². The average Bonchev–Trinajstić information content (AvgIpc) is 2.99. The van der Waals surface area contributed by atoms with Gasteiger partial charge in [-0.3, -0.25) is 0 Å². The lowest BCUT2D eigenvalue weighted by molar-refractivity contribution is -0.274. The van der Waals surface area contributed by atoms with Crippen LogP contribution in [0.1, 0.15) is 33.3 Å². The number of hydrogen-bond donors (Lipinski definition) is 0. The zero-order valence-corrected chi connectivity index (χ0v) is 13.0. The van der Waals surface area contributed by atoms with Crippen LogP contribution in [-0.2, 0) is 0 Å². The highest BCUT2D eigenvalue weighted by Crippen LogP contribution is 2.23. The fourth-order valence-corrected chi connectivity index (χ4v) is 1.34. The van der Waals surface area contributed by atoms with Gasteiger partial charge in [0.05, 0.1) is 17.4 Å². The summed E-state index contributed by atoms with van der Waals surface area (Å²) in [7, 11) is 0. The van der Waals surface area contributed by atoms with Crippen molar-refractivity contribution in [2.45, 2.75) is 34.1 Å². The number of aromatic nitrogens is 2. The van der Waals surface area contributed by atoms with E-state index in [1.165, 1.54) is 35.1 Å². The largest absolute Gasteiger partial charge is 0.573 e. The van der Waals surface area contributed by atoms with Gasteiger partial charge in [0.2, 0.25) is 0 Å². The first-order valence-corrected chi connectivity index (χ1v) is 6.85. The Hall–Kier alpha value is -2.42. The molecule has 6 heteroatoms. The van der Waals surface area contributed by atoms with Crippen LogP contribution in [0, 0.1) is 12.3 Å². The zero-order chi connectivity index (χ0) is 17.2. The Morgan fingerprint density at radius 2 is 1.64 bits per heavy atom. The van der Waals surface area contributed by atoms with Crippen molar-refractivity contribution < 1.29 is 17.9 Å². The Bertz CT molecular complexity index is 581. The molecule has 0 amide bonds. The molecule has 0 radical (unpaired) electrons. The van der Waals surface area contributed by atoms with Gasteiger partial charge in [0.15, 0.2) is 0 Å². The lowest BCUT2D eigenvalue weighted by Crippen LogP contribution is -2.17. The molecule has 2 aromatic rings. The lowest BCUT2D eigenvalue weighted by atomic mass is 10.3. The summed E-state index contributed by atoms with van der Waals surface area (Å²) in [6, 6.07) is 5.32. The summed E-state index contributed by atoms with van der Waals surface area (Å²) in [4.78, 5) is 0. The molecule has 0 aliphatic rings. The molecular weight excluding hydrogens is 293 g/mol. The number of alkyl halides is 3. The van der Waals surface area contributed by atoms with Crippen LogP contribution in [-0.4, -0.2) is 16.1 Å². The summed E-state index contributed by atoms with van der Waals surface area (Å²) < 4.78 is 41.1. The standard InChI is InChI=1S/C12H7F3N2O.2C2H6/c1-2-9-7-16-17(8-9)10-3-5-11(6-4-10)18-12(13,14)15;2*1-2/h1,3-8H;2*1-2H3. The Kier molecular flexibility index (Phi) is 8.46. The van der Waals surface area contributed by atoms with E-state index in [0.717, 1.165) is 0 Å². The molecule has 120 valence electrons. The van der Waals surface area contributed by atoms with Gasteiger partial charge in [0.25, 0.3) is 0 Å². The number of hydrogen-bond acceptors (Lipinski definition) is 2. The van der Waals surface area contributed by atoms with E-state index in [1.807, 2.05) is 27.7 Å². The summed E-state index contributed by atoms with van der Waals surface area (Å²) in [5.74, 6) is 2.12. The quantitative estimate of drug-likeness (QED) is 0.744. The van der Waals surface area contributed by atoms with Gasteiger partial charge in [-0.1, -0.05) is 33.6 Å². The number of benzene rings is 1. The number of terminal acetylenes is 1. The van der Waals surface area contributed by atoms with Crippen molar-refractivity contribution in [1.29, 1.82) is 0 Å². The lowest BCUT2D eigenvalue weighted by Gasteiger charge is -2.09. The van der Waals surface area contributed by atoms with Crippen LogP contribution in [0.5, 0.6) is 5.75 Å². The van der Waals surface area contributed by atoms with E-state index in [2.05, 4.69) is 15.8 Å². The van der Waals surface area contributed by atoms with E-state index in [0.29, 0.717) is 11.3 Å². The predicted octanol–water partition coefficient (Wildman–Crippen LogP) is 4.80. The maximum Gasteiger partial charge on any atom is 0.573 e. The molecule has 0 atom stereocenters. The Morgan fingerprint density at radius 3 is 2.05 bits per heavy atom. The number of halogens is 3. The van der Waals surface area contributed by atoms with Crippen LogP contribution < -0.4 is 4.74 Å². The van der Waals surface area contributed by atoms with Crippen molar-refractivity contribution in [3.8, 4) is 23.8 Å². The van der Waals surface area contributed by atoms with Crippen molar-refractivity contribution in [2.75, 3.05) is 0 Å². The molecule has 0 aliphatic carbocycles. The van der Waals surface area contributed by atoms with Gasteiger partial charge in [0.1, 0.15) is 5.75 Å². The summed E-state index contributed by atoms with van der Waals surface area (Å²) in [6.07, 6.45) is 3.58. The third kappa shape index (κ3) is 6.35. The van der Waals surface area contributed by atoms with E-state index >= 15 is 0 Å². The van der Waals surface area contributed by atoms with Crippen LogP contribution >= 0.6 is 0 Å². The normalized spacial score (nSPS) is 9.55. The average molecular weight is 312 g/mol. The van der Waals surface area contributed by atoms with E-state index in [9.17, 15) is 13.2 Å². The maximum absolute atomic E-state index is 12.0. The summed E-state index contributed by atoms with van der Waals surface area (Å²) in [5.41, 5.74) is 1.18. The van der Waals surface area contributed by atoms with E-state index in [4.69, 9.17) is 6.42 Å². The molecule has 2 rings (SSSR count). The van der Waals surface area contributed by atoms with Crippen LogP contribution in [0.4, 0.5) is 13.2 Å². The Labute approximate surface area is 128 Å². The highest BCUT2D eigenvalue weighted by molar-refractivity contribution is 5.38. The van der Waals surface area contributed by atoms with Crippen LogP contribution in [0.2, 0.25) is 0 Å². The molecule has 0 unspecified atom stereocenters. The van der Waals surface area contributed by atoms with E-state index < -0.39 is 6.36 Å². The van der Waals surface area contributed by atoms with Gasteiger partial charge in [-0.2, -0.15) is 5.10 Å². The van der Waals surface area contributed by atoms with Gasteiger partial charge in [0, 0.05) is 6.20 Å². The van der Waals surface area contributed by atoms with Gasteiger partial charge in [-0.05, 0) is 24.3 Å². The number of nitrogens with zero attached hydrogens (tertiary/aromatic N) is 2. The molecule has 1 aromatic heterocycles. The summed E-state index contributed by atoms with van der Waals surface area (Å²) in [5, 5.41) is 3.97. The minimum Gasteiger partial charge on any atom is -0.406 e. The summed E-state index contributed by atoms with van der Waals surface area (Å²) >= 11 is 0. The molecule has 0 saturated heterocycles. The smallest absolute Gasteiger partial charge is 0.406 e. The maximum atomic E-state index is 12.0. The van der Waals surface area contributed by atoms with Gasteiger partial charge in [-0.25, -0.2) is 4.68 Å². The van der Waals surface area contributed by atoms with Crippen molar-refractivity contribution in [2.24, 2.45) is 0 Å². The molecule has 0 N–H and O–H groups in total. The summed E-state index contributed by atoms with van der Waals surface area (Å²) in [6.45, 7) is 8.00. The highest BCUT2D eigenvalue weighted by Gasteiger charge is 2.30. The topological polar surface area (TPSA) is 27.1 Å². The zero-order valence-electron chi connectivity index (χ0n) is 13.0. The van der Waals surface area contributed by atoms with Gasteiger partial charge < -0.3 is 4.74 Å². The highest BCUT2D eigenvalue weighted by atomic mass is 19.4. The van der Waals surface area contributed by atoms with Crippen molar-refractivity contribution >= 4 is 0 Å². The van der Waals surface area contributed by atoms with Crippen molar-refractivity contribution in [1.82, 2.24) is 9.78 Å². The molecule has 1 aromatic carbocycles. The SMILES string of the molecule is C#Cc1cnn(-c2ccc(OC(F)(F)F)cc2)c1.CC.CC. The molecular formula is C16H19F3N2O. The first-order chi connectivity index (χ1) is 10.5. The van der Waals surface area contributed by atoms with Gasteiger partial charge in [-0.15, -0.1) is 19.6 Å². The van der Waals surface area contributed by atoms with Crippen molar-refractivity contribution in [3.63, 3.8) is 0 Å². The van der Waals surface area contributed by atoms with Crippen LogP contribution in [0.15, 0.2) is 36.7 Å². The van der Waals surface area contributed by atoms with E-state index in [-0.39, 0.29) is 5.75 Å². The Balaban J connectivity index is 0.00000102. The monoisotopic (exact) mass is 312 g/mol. The predicted molar refractivity (Wildman–Crippen MR) is 80.9 cm³/mol. The fraction of sp³-hybridized carbons (Fsp3) is 0.312. The third-order valence-electron chi connectivity index (χ3n) is 2.08. The third-order valence-corrected chi connectivity index (χ3v) is 2.08. The van der Waals surface area contributed by atoms with E-state index in [1.54, 1.807) is 6.20 Å². The second kappa shape index (κ2) is 9.50. The molecule has 0 fully saturated rings. The first kappa shape index (κ1) is 19.6. The number of ether oxygens (including phenoxy) is 1. The second-order valence-corrected chi connectivity index (χ2v) is 3.36. The molecule has 0 spiro atoms. The fourth-order valence-electron chi connectivity index (χ4n) is 1.34. The van der Waals surface area contributed by atoms with Crippen LogP contribution in [0.25, 0.3) is 5.69 Å². The minimum absolute atomic E-state index is 0.282. The number of rotatable bonds is 2. The molecule has 3 nitrogen and oxygen atoms in total. The molecule has 0 saturated carbocycles. The molecule has 0 bridgehead atoms. The second-order valence-electron chi connectivity index (χ2n) is 3.36. The minimum atomic E-state index is -4.69. The van der Waals surface area contributed by atoms with Gasteiger partial charge >= 0.3 is 6.36 Å². The molecule has 0 aliphatic heterocycles.